The van der Waals surface area contributed by atoms with E-state index in [9.17, 15) is 4.79 Å². The lowest BCUT2D eigenvalue weighted by molar-refractivity contribution is 0.704. The van der Waals surface area contributed by atoms with Crippen molar-refractivity contribution >= 4 is 5.69 Å². The van der Waals surface area contributed by atoms with Gasteiger partial charge in [-0.15, -0.1) is 0 Å². The monoisotopic (exact) mass is 179 g/mol. The first kappa shape index (κ1) is 8.29. The maximum Gasteiger partial charge on any atom is 0.268 e. The van der Waals surface area contributed by atoms with Crippen molar-refractivity contribution in [2.75, 3.05) is 18.0 Å². The number of hydrogen-bond donors (Lipinski definition) is 0. The summed E-state index contributed by atoms with van der Waals surface area (Å²) in [5, 5.41) is 3.99. The minimum atomic E-state index is -0.0376. The molecule has 0 unspecified atom stereocenters. The lowest BCUT2D eigenvalue weighted by Gasteiger charge is -2.16. The van der Waals surface area contributed by atoms with E-state index in [1.54, 1.807) is 19.3 Å². The molecule has 0 amide bonds. The normalized spacial score (nSPS) is 16.5. The van der Waals surface area contributed by atoms with Gasteiger partial charge in [0.25, 0.3) is 5.56 Å². The maximum absolute atomic E-state index is 11.3. The van der Waals surface area contributed by atoms with Crippen LogP contribution in [-0.2, 0) is 7.05 Å². The molecule has 0 saturated carbocycles. The second kappa shape index (κ2) is 3.20. The Hall–Kier alpha value is -1.32. The summed E-state index contributed by atoms with van der Waals surface area (Å²) in [6, 6.07) is 1.65. The van der Waals surface area contributed by atoms with E-state index >= 15 is 0 Å². The fourth-order valence-electron chi connectivity index (χ4n) is 1.61. The standard InChI is InChI=1S/C9H13N3O/c1-11-9(13)6-8(7-10-11)12-4-2-3-5-12/h6-7H,2-5H2,1H3. The number of aromatic nitrogens is 2. The molecule has 0 aromatic carbocycles. The molecule has 70 valence electrons. The Bertz CT molecular complexity index is 352. The first-order chi connectivity index (χ1) is 6.27. The van der Waals surface area contributed by atoms with Crippen LogP contribution in [0.4, 0.5) is 5.69 Å². The van der Waals surface area contributed by atoms with Crippen LogP contribution in [0.1, 0.15) is 12.8 Å². The molecule has 1 aliphatic heterocycles. The summed E-state index contributed by atoms with van der Waals surface area (Å²) in [6.45, 7) is 2.10. The van der Waals surface area contributed by atoms with Crippen LogP contribution in [0.15, 0.2) is 17.1 Å². The Labute approximate surface area is 76.8 Å². The van der Waals surface area contributed by atoms with Gasteiger partial charge < -0.3 is 4.90 Å². The van der Waals surface area contributed by atoms with Crippen LogP contribution in [0, 0.1) is 0 Å². The van der Waals surface area contributed by atoms with Crippen LogP contribution in [0.25, 0.3) is 0 Å². The minimum absolute atomic E-state index is 0.0376. The van der Waals surface area contributed by atoms with Crippen LogP contribution in [-0.4, -0.2) is 22.9 Å². The van der Waals surface area contributed by atoms with Crippen molar-refractivity contribution in [2.45, 2.75) is 12.8 Å². The van der Waals surface area contributed by atoms with Crippen molar-refractivity contribution in [3.05, 3.63) is 22.6 Å². The fraction of sp³-hybridized carbons (Fsp3) is 0.556. The van der Waals surface area contributed by atoms with E-state index in [-0.39, 0.29) is 5.56 Å². The molecule has 0 atom stereocenters. The fourth-order valence-corrected chi connectivity index (χ4v) is 1.61. The van der Waals surface area contributed by atoms with E-state index < -0.39 is 0 Å². The smallest absolute Gasteiger partial charge is 0.268 e. The van der Waals surface area contributed by atoms with Crippen LogP contribution in [0.3, 0.4) is 0 Å². The van der Waals surface area contributed by atoms with Gasteiger partial charge in [-0.25, -0.2) is 4.68 Å². The van der Waals surface area contributed by atoms with E-state index in [1.807, 2.05) is 0 Å². The van der Waals surface area contributed by atoms with E-state index in [2.05, 4.69) is 10.00 Å². The van der Waals surface area contributed by atoms with Crippen LogP contribution < -0.4 is 10.5 Å². The van der Waals surface area contributed by atoms with E-state index in [4.69, 9.17) is 0 Å². The van der Waals surface area contributed by atoms with Crippen molar-refractivity contribution in [3.63, 3.8) is 0 Å². The molecule has 0 spiro atoms. The number of rotatable bonds is 1. The zero-order chi connectivity index (χ0) is 9.26. The second-order valence-corrected chi connectivity index (χ2v) is 3.37. The molecule has 0 N–H and O–H groups in total. The molecular weight excluding hydrogens is 166 g/mol. The molecular formula is C9H13N3O. The lowest BCUT2D eigenvalue weighted by atomic mass is 10.4. The Morgan fingerprint density at radius 1 is 1.38 bits per heavy atom. The van der Waals surface area contributed by atoms with Crippen LogP contribution in [0.5, 0.6) is 0 Å². The van der Waals surface area contributed by atoms with Gasteiger partial charge in [-0.1, -0.05) is 0 Å². The predicted molar refractivity (Wildman–Crippen MR) is 50.9 cm³/mol. The van der Waals surface area contributed by atoms with E-state index in [1.165, 1.54) is 17.5 Å². The molecule has 13 heavy (non-hydrogen) atoms. The van der Waals surface area contributed by atoms with Gasteiger partial charge in [0.2, 0.25) is 0 Å². The minimum Gasteiger partial charge on any atom is -0.370 e. The van der Waals surface area contributed by atoms with Gasteiger partial charge >= 0.3 is 0 Å². The molecule has 2 rings (SSSR count). The quantitative estimate of drug-likeness (QED) is 0.625. The van der Waals surface area contributed by atoms with Crippen LogP contribution in [0.2, 0.25) is 0 Å². The molecule has 4 heteroatoms. The SMILES string of the molecule is Cn1ncc(N2CCCC2)cc1=O. The number of nitrogens with zero attached hydrogens (tertiary/aromatic N) is 3. The van der Waals surface area contributed by atoms with Gasteiger partial charge in [0.05, 0.1) is 11.9 Å². The van der Waals surface area contributed by atoms with Gasteiger partial charge in [0.15, 0.2) is 0 Å². The highest BCUT2D eigenvalue weighted by molar-refractivity contribution is 5.43. The summed E-state index contributed by atoms with van der Waals surface area (Å²) < 4.78 is 1.35. The molecule has 0 aliphatic carbocycles. The number of aryl methyl sites for hydroxylation is 1. The molecule has 4 nitrogen and oxygen atoms in total. The summed E-state index contributed by atoms with van der Waals surface area (Å²) in [5.74, 6) is 0. The Kier molecular flexibility index (Phi) is 2.04. The Balaban J connectivity index is 2.30. The van der Waals surface area contributed by atoms with Gasteiger partial charge in [0.1, 0.15) is 0 Å². The van der Waals surface area contributed by atoms with Crippen LogP contribution >= 0.6 is 0 Å². The van der Waals surface area contributed by atoms with E-state index in [0.29, 0.717) is 0 Å². The molecule has 1 fully saturated rings. The van der Waals surface area contributed by atoms with Gasteiger partial charge in [-0.3, -0.25) is 4.79 Å². The highest BCUT2D eigenvalue weighted by Gasteiger charge is 2.12. The zero-order valence-corrected chi connectivity index (χ0v) is 7.73. The third kappa shape index (κ3) is 1.56. The highest BCUT2D eigenvalue weighted by Crippen LogP contribution is 2.16. The summed E-state index contributed by atoms with van der Waals surface area (Å²) >= 11 is 0. The molecule has 0 radical (unpaired) electrons. The summed E-state index contributed by atoms with van der Waals surface area (Å²) in [7, 11) is 1.66. The molecule has 1 aliphatic rings. The Morgan fingerprint density at radius 3 is 2.69 bits per heavy atom. The predicted octanol–water partition coefficient (Wildman–Crippen LogP) is 0.381. The molecule has 1 aromatic heterocycles. The van der Waals surface area contributed by atoms with Gasteiger partial charge in [0, 0.05) is 26.2 Å². The summed E-state index contributed by atoms with van der Waals surface area (Å²) in [4.78, 5) is 13.5. The van der Waals surface area contributed by atoms with E-state index in [0.717, 1.165) is 18.8 Å². The highest BCUT2D eigenvalue weighted by atomic mass is 16.1. The van der Waals surface area contributed by atoms with Crippen molar-refractivity contribution in [3.8, 4) is 0 Å². The number of anilines is 1. The average molecular weight is 179 g/mol. The van der Waals surface area contributed by atoms with Crippen molar-refractivity contribution in [2.24, 2.45) is 7.05 Å². The molecule has 0 bridgehead atoms. The third-order valence-corrected chi connectivity index (χ3v) is 2.42. The Morgan fingerprint density at radius 2 is 2.08 bits per heavy atom. The topological polar surface area (TPSA) is 38.1 Å². The van der Waals surface area contributed by atoms with Gasteiger partial charge in [-0.2, -0.15) is 5.10 Å². The molecule has 1 saturated heterocycles. The molecule has 2 heterocycles. The van der Waals surface area contributed by atoms with Gasteiger partial charge in [-0.05, 0) is 12.8 Å². The largest absolute Gasteiger partial charge is 0.370 e. The number of hydrogen-bond acceptors (Lipinski definition) is 3. The third-order valence-electron chi connectivity index (χ3n) is 2.42. The average Bonchev–Trinajstić information content (AvgIpc) is 2.62. The van der Waals surface area contributed by atoms with Crippen molar-refractivity contribution in [1.82, 2.24) is 9.78 Å². The van der Waals surface area contributed by atoms with Crippen molar-refractivity contribution in [1.29, 1.82) is 0 Å². The van der Waals surface area contributed by atoms with Crippen molar-refractivity contribution < 1.29 is 0 Å². The zero-order valence-electron chi connectivity index (χ0n) is 7.73. The first-order valence-electron chi connectivity index (χ1n) is 4.56. The summed E-state index contributed by atoms with van der Waals surface area (Å²) in [6.07, 6.45) is 4.19. The maximum atomic E-state index is 11.3. The second-order valence-electron chi connectivity index (χ2n) is 3.37. The lowest BCUT2D eigenvalue weighted by Crippen LogP contribution is -2.24. The first-order valence-corrected chi connectivity index (χ1v) is 4.56. The summed E-state index contributed by atoms with van der Waals surface area (Å²) in [5.41, 5.74) is 0.921. The molecule has 1 aromatic rings.